The molecule has 0 bridgehead atoms. The van der Waals surface area contributed by atoms with Crippen LogP contribution in [0.5, 0.6) is 0 Å². The van der Waals surface area contributed by atoms with Gasteiger partial charge in [-0.1, -0.05) is 13.0 Å². The standard InChI is InChI=1S/C16H16N2O5S/c1-11-10-24(21,22)18(16(11)20)13-5-2-4-12(8-13)15(19)17-9-14-6-3-7-23-14/h2-8,11H,9-10H2,1H3,(H,17,19)/t11-/m1/s1. The van der Waals surface area contributed by atoms with E-state index in [9.17, 15) is 18.0 Å². The number of carbonyl (C=O) groups excluding carboxylic acids is 2. The summed E-state index contributed by atoms with van der Waals surface area (Å²) in [5.74, 6) is -1.08. The summed E-state index contributed by atoms with van der Waals surface area (Å²) in [4.78, 5) is 24.3. The Morgan fingerprint density at radius 2 is 2.12 bits per heavy atom. The van der Waals surface area contributed by atoms with Gasteiger partial charge in [-0.3, -0.25) is 9.59 Å². The number of sulfonamides is 1. The Morgan fingerprint density at radius 1 is 1.33 bits per heavy atom. The number of hydrogen-bond donors (Lipinski definition) is 1. The fraction of sp³-hybridized carbons (Fsp3) is 0.250. The Hall–Kier alpha value is -2.61. The van der Waals surface area contributed by atoms with Crippen molar-refractivity contribution in [2.24, 2.45) is 5.92 Å². The highest BCUT2D eigenvalue weighted by atomic mass is 32.2. The highest BCUT2D eigenvalue weighted by Gasteiger charge is 2.42. The highest BCUT2D eigenvalue weighted by Crippen LogP contribution is 2.28. The molecule has 2 aromatic rings. The summed E-state index contributed by atoms with van der Waals surface area (Å²) in [6.45, 7) is 1.79. The molecule has 1 aliphatic heterocycles. The van der Waals surface area contributed by atoms with Crippen LogP contribution in [0.1, 0.15) is 23.0 Å². The van der Waals surface area contributed by atoms with Crippen molar-refractivity contribution in [2.45, 2.75) is 13.5 Å². The first-order valence-electron chi connectivity index (χ1n) is 7.36. The lowest BCUT2D eigenvalue weighted by molar-refractivity contribution is -0.119. The maximum absolute atomic E-state index is 12.2. The average molecular weight is 348 g/mol. The molecule has 0 aliphatic carbocycles. The van der Waals surface area contributed by atoms with Crippen molar-refractivity contribution in [3.8, 4) is 0 Å². The predicted octanol–water partition coefficient (Wildman–Crippen LogP) is 1.52. The molecule has 2 heterocycles. The molecule has 1 aliphatic rings. The van der Waals surface area contributed by atoms with Crippen LogP contribution in [0.3, 0.4) is 0 Å². The lowest BCUT2D eigenvalue weighted by atomic mass is 10.1. The molecular weight excluding hydrogens is 332 g/mol. The van der Waals surface area contributed by atoms with E-state index in [1.165, 1.54) is 18.4 Å². The normalized spacial score (nSPS) is 19.5. The topological polar surface area (TPSA) is 96.7 Å². The summed E-state index contributed by atoms with van der Waals surface area (Å²) >= 11 is 0. The largest absolute Gasteiger partial charge is 0.467 e. The summed E-state index contributed by atoms with van der Waals surface area (Å²) in [7, 11) is -3.69. The van der Waals surface area contributed by atoms with Gasteiger partial charge in [0.1, 0.15) is 5.76 Å². The second-order valence-corrected chi connectivity index (χ2v) is 7.46. The third kappa shape index (κ3) is 3.05. The number of hydrogen-bond acceptors (Lipinski definition) is 5. The quantitative estimate of drug-likeness (QED) is 0.904. The van der Waals surface area contributed by atoms with Crippen molar-refractivity contribution in [3.63, 3.8) is 0 Å². The summed E-state index contributed by atoms with van der Waals surface area (Å²) in [5, 5.41) is 2.67. The predicted molar refractivity (Wildman–Crippen MR) is 86.8 cm³/mol. The minimum absolute atomic E-state index is 0.176. The number of amides is 2. The van der Waals surface area contributed by atoms with Gasteiger partial charge in [0.25, 0.3) is 5.91 Å². The first-order chi connectivity index (χ1) is 11.4. The maximum atomic E-state index is 12.2. The van der Waals surface area contributed by atoms with Crippen LogP contribution in [0.25, 0.3) is 0 Å². The molecule has 0 radical (unpaired) electrons. The Kier molecular flexibility index (Phi) is 4.15. The van der Waals surface area contributed by atoms with Crippen LogP contribution < -0.4 is 9.62 Å². The molecule has 0 saturated carbocycles. The van der Waals surface area contributed by atoms with Gasteiger partial charge in [-0.05, 0) is 30.3 Å². The smallest absolute Gasteiger partial charge is 0.251 e. The van der Waals surface area contributed by atoms with Crippen molar-refractivity contribution in [2.75, 3.05) is 10.1 Å². The summed E-state index contributed by atoms with van der Waals surface area (Å²) in [6.07, 6.45) is 1.51. The van der Waals surface area contributed by atoms with Gasteiger partial charge in [0, 0.05) is 5.56 Å². The van der Waals surface area contributed by atoms with Gasteiger partial charge in [0.15, 0.2) is 0 Å². The molecule has 1 N–H and O–H groups in total. The molecule has 1 atom stereocenters. The maximum Gasteiger partial charge on any atom is 0.251 e. The number of benzene rings is 1. The van der Waals surface area contributed by atoms with Crippen molar-refractivity contribution in [1.82, 2.24) is 5.32 Å². The van der Waals surface area contributed by atoms with Gasteiger partial charge < -0.3 is 9.73 Å². The number of carbonyl (C=O) groups is 2. The van der Waals surface area contributed by atoms with Crippen LogP contribution in [0.15, 0.2) is 47.1 Å². The second-order valence-electron chi connectivity index (χ2n) is 5.59. The number of furan rings is 1. The summed E-state index contributed by atoms with van der Waals surface area (Å²) in [6, 6.07) is 9.43. The van der Waals surface area contributed by atoms with E-state index in [1.54, 1.807) is 31.2 Å². The van der Waals surface area contributed by atoms with E-state index in [0.29, 0.717) is 5.76 Å². The number of nitrogens with zero attached hydrogens (tertiary/aromatic N) is 1. The van der Waals surface area contributed by atoms with Crippen LogP contribution in [-0.4, -0.2) is 26.0 Å². The van der Waals surface area contributed by atoms with Gasteiger partial charge in [-0.2, -0.15) is 0 Å². The molecule has 0 unspecified atom stereocenters. The Morgan fingerprint density at radius 3 is 2.75 bits per heavy atom. The van der Waals surface area contributed by atoms with E-state index < -0.39 is 21.8 Å². The minimum Gasteiger partial charge on any atom is -0.467 e. The van der Waals surface area contributed by atoms with Crippen molar-refractivity contribution in [1.29, 1.82) is 0 Å². The molecule has 7 nitrogen and oxygen atoms in total. The van der Waals surface area contributed by atoms with Crippen molar-refractivity contribution in [3.05, 3.63) is 54.0 Å². The van der Waals surface area contributed by atoms with E-state index in [2.05, 4.69) is 5.32 Å². The zero-order valence-corrected chi connectivity index (χ0v) is 13.7. The monoisotopic (exact) mass is 348 g/mol. The molecule has 0 spiro atoms. The SMILES string of the molecule is C[C@@H]1CS(=O)(=O)N(c2cccc(C(=O)NCc3ccco3)c2)C1=O. The minimum atomic E-state index is -3.69. The first-order valence-corrected chi connectivity index (χ1v) is 8.97. The Labute approximate surface area is 139 Å². The molecule has 1 aromatic heterocycles. The second kappa shape index (κ2) is 6.12. The van der Waals surface area contributed by atoms with Crippen LogP contribution in [0.4, 0.5) is 5.69 Å². The van der Waals surface area contributed by atoms with Gasteiger partial charge in [0.05, 0.1) is 30.2 Å². The third-order valence-corrected chi connectivity index (χ3v) is 5.57. The van der Waals surface area contributed by atoms with Crippen LogP contribution >= 0.6 is 0 Å². The first kappa shape index (κ1) is 16.3. The van der Waals surface area contributed by atoms with E-state index in [1.807, 2.05) is 0 Å². The summed E-state index contributed by atoms with van der Waals surface area (Å²) < 4.78 is 30.2. The third-order valence-electron chi connectivity index (χ3n) is 3.71. The molecule has 1 aromatic carbocycles. The fourth-order valence-electron chi connectivity index (χ4n) is 2.54. The lowest BCUT2D eigenvalue weighted by Gasteiger charge is -2.16. The van der Waals surface area contributed by atoms with Crippen LogP contribution in [-0.2, 0) is 21.4 Å². The number of nitrogens with one attached hydrogen (secondary N) is 1. The van der Waals surface area contributed by atoms with Crippen LogP contribution in [0, 0.1) is 5.92 Å². The highest BCUT2D eigenvalue weighted by molar-refractivity contribution is 7.94. The van der Waals surface area contributed by atoms with E-state index in [-0.39, 0.29) is 29.5 Å². The number of anilines is 1. The zero-order valence-electron chi connectivity index (χ0n) is 12.9. The molecule has 3 rings (SSSR count). The number of rotatable bonds is 4. The fourth-order valence-corrected chi connectivity index (χ4v) is 4.36. The van der Waals surface area contributed by atoms with Gasteiger partial charge in [-0.25, -0.2) is 12.7 Å². The molecule has 1 saturated heterocycles. The van der Waals surface area contributed by atoms with Crippen LogP contribution in [0.2, 0.25) is 0 Å². The van der Waals surface area contributed by atoms with Gasteiger partial charge in [-0.15, -0.1) is 0 Å². The zero-order chi connectivity index (χ0) is 17.3. The van der Waals surface area contributed by atoms with E-state index in [4.69, 9.17) is 4.42 Å². The molecule has 2 amide bonds. The molecule has 8 heteroatoms. The molecular formula is C16H16N2O5S. The van der Waals surface area contributed by atoms with E-state index in [0.717, 1.165) is 4.31 Å². The Balaban J connectivity index is 1.81. The summed E-state index contributed by atoms with van der Waals surface area (Å²) in [5.41, 5.74) is 0.441. The average Bonchev–Trinajstić information content (AvgIpc) is 3.11. The lowest BCUT2D eigenvalue weighted by Crippen LogP contribution is -2.30. The van der Waals surface area contributed by atoms with E-state index >= 15 is 0 Å². The molecule has 126 valence electrons. The molecule has 24 heavy (non-hydrogen) atoms. The van der Waals surface area contributed by atoms with Gasteiger partial charge >= 0.3 is 0 Å². The van der Waals surface area contributed by atoms with Gasteiger partial charge in [0.2, 0.25) is 15.9 Å². The van der Waals surface area contributed by atoms with Crippen molar-refractivity contribution < 1.29 is 22.4 Å². The Bertz CT molecular complexity index is 874. The molecule has 1 fully saturated rings. The van der Waals surface area contributed by atoms with Crippen molar-refractivity contribution >= 4 is 27.5 Å².